The first-order chi connectivity index (χ1) is 8.20. The van der Waals surface area contributed by atoms with Gasteiger partial charge in [0.2, 0.25) is 0 Å². The van der Waals surface area contributed by atoms with Crippen molar-refractivity contribution in [2.45, 2.75) is 13.0 Å². The number of esters is 1. The molecule has 1 fully saturated rings. The van der Waals surface area contributed by atoms with Crippen LogP contribution in [0.2, 0.25) is 0 Å². The highest BCUT2D eigenvalue weighted by atomic mass is 16.6. The average molecular weight is 236 g/mol. The molecular weight excluding hydrogens is 220 g/mol. The number of pyridine rings is 1. The highest BCUT2D eigenvalue weighted by Crippen LogP contribution is 2.16. The molecule has 0 saturated carbocycles. The molecule has 2 heterocycles. The lowest BCUT2D eigenvalue weighted by molar-refractivity contribution is -0.154. The topological polar surface area (TPSA) is 51.7 Å². The van der Waals surface area contributed by atoms with Crippen LogP contribution in [0.15, 0.2) is 18.2 Å². The summed E-state index contributed by atoms with van der Waals surface area (Å²) in [4.78, 5) is 17.9. The van der Waals surface area contributed by atoms with E-state index < -0.39 is 6.10 Å². The van der Waals surface area contributed by atoms with Gasteiger partial charge in [-0.05, 0) is 19.1 Å². The molecule has 1 aliphatic rings. The van der Waals surface area contributed by atoms with Gasteiger partial charge in [0, 0.05) is 12.2 Å². The molecule has 0 spiro atoms. The Morgan fingerprint density at radius 2 is 2.41 bits per heavy atom. The first kappa shape index (κ1) is 11.9. The maximum absolute atomic E-state index is 11.4. The van der Waals surface area contributed by atoms with Crippen molar-refractivity contribution in [2.75, 3.05) is 31.7 Å². The zero-order valence-electron chi connectivity index (χ0n) is 10.0. The molecule has 1 unspecified atom stereocenters. The van der Waals surface area contributed by atoms with Crippen molar-refractivity contribution in [1.29, 1.82) is 0 Å². The van der Waals surface area contributed by atoms with E-state index in [2.05, 4.69) is 9.72 Å². The van der Waals surface area contributed by atoms with Crippen LogP contribution in [0.1, 0.15) is 5.69 Å². The van der Waals surface area contributed by atoms with E-state index in [1.54, 1.807) is 0 Å². The predicted octanol–water partition coefficient (Wildman–Crippen LogP) is 0.768. The van der Waals surface area contributed by atoms with Crippen molar-refractivity contribution in [1.82, 2.24) is 4.98 Å². The Kier molecular flexibility index (Phi) is 3.58. The summed E-state index contributed by atoms with van der Waals surface area (Å²) in [5.41, 5.74) is 0.962. The first-order valence-corrected chi connectivity index (χ1v) is 5.59. The molecule has 0 radical (unpaired) electrons. The van der Waals surface area contributed by atoms with Gasteiger partial charge in [-0.15, -0.1) is 0 Å². The van der Waals surface area contributed by atoms with Gasteiger partial charge in [0.15, 0.2) is 6.10 Å². The first-order valence-electron chi connectivity index (χ1n) is 5.59. The molecule has 0 aromatic carbocycles. The summed E-state index contributed by atoms with van der Waals surface area (Å²) < 4.78 is 10.1. The number of hydrogen-bond acceptors (Lipinski definition) is 5. The molecule has 0 amide bonds. The minimum Gasteiger partial charge on any atom is -0.467 e. The van der Waals surface area contributed by atoms with E-state index in [0.29, 0.717) is 13.2 Å². The molecule has 5 heteroatoms. The molecule has 1 aliphatic heterocycles. The molecule has 0 aliphatic carbocycles. The third kappa shape index (κ3) is 2.74. The maximum atomic E-state index is 11.4. The highest BCUT2D eigenvalue weighted by molar-refractivity contribution is 5.75. The van der Waals surface area contributed by atoms with Crippen LogP contribution in [-0.2, 0) is 14.3 Å². The smallest absolute Gasteiger partial charge is 0.336 e. The number of ether oxygens (including phenoxy) is 2. The molecule has 1 atom stereocenters. The average Bonchev–Trinajstić information content (AvgIpc) is 2.38. The Balaban J connectivity index is 2.09. The van der Waals surface area contributed by atoms with Crippen molar-refractivity contribution in [3.63, 3.8) is 0 Å². The van der Waals surface area contributed by atoms with E-state index in [-0.39, 0.29) is 5.97 Å². The van der Waals surface area contributed by atoms with Gasteiger partial charge in [-0.1, -0.05) is 6.07 Å². The predicted molar refractivity (Wildman–Crippen MR) is 62.9 cm³/mol. The number of morpholine rings is 1. The standard InChI is InChI=1S/C12H16N2O3/c1-9-4-3-5-11(13-9)14-6-7-17-10(8-14)12(15)16-2/h3-5,10H,6-8H2,1-2H3. The summed E-state index contributed by atoms with van der Waals surface area (Å²) in [6.07, 6.45) is -0.518. The lowest BCUT2D eigenvalue weighted by atomic mass is 10.2. The van der Waals surface area contributed by atoms with E-state index in [4.69, 9.17) is 4.74 Å². The minimum absolute atomic E-state index is 0.331. The van der Waals surface area contributed by atoms with Crippen LogP contribution in [0, 0.1) is 6.92 Å². The zero-order valence-corrected chi connectivity index (χ0v) is 10.0. The Morgan fingerprint density at radius 1 is 1.59 bits per heavy atom. The summed E-state index contributed by atoms with van der Waals surface area (Å²) in [5, 5.41) is 0. The summed E-state index contributed by atoms with van der Waals surface area (Å²) >= 11 is 0. The van der Waals surface area contributed by atoms with Crippen molar-refractivity contribution < 1.29 is 14.3 Å². The summed E-state index contributed by atoms with van der Waals surface area (Å²) in [6.45, 7) is 3.68. The Hall–Kier alpha value is -1.62. The number of aromatic nitrogens is 1. The van der Waals surface area contributed by atoms with Gasteiger partial charge in [-0.2, -0.15) is 0 Å². The van der Waals surface area contributed by atoms with Crippen molar-refractivity contribution in [2.24, 2.45) is 0 Å². The van der Waals surface area contributed by atoms with E-state index in [1.807, 2.05) is 30.0 Å². The van der Waals surface area contributed by atoms with Crippen LogP contribution in [0.25, 0.3) is 0 Å². The highest BCUT2D eigenvalue weighted by Gasteiger charge is 2.27. The molecule has 1 aromatic heterocycles. The third-order valence-electron chi connectivity index (χ3n) is 2.73. The number of nitrogens with zero attached hydrogens (tertiary/aromatic N) is 2. The molecule has 17 heavy (non-hydrogen) atoms. The molecule has 5 nitrogen and oxygen atoms in total. The van der Waals surface area contributed by atoms with Crippen LogP contribution in [0.4, 0.5) is 5.82 Å². The molecule has 0 bridgehead atoms. The van der Waals surface area contributed by atoms with Gasteiger partial charge in [0.25, 0.3) is 0 Å². The quantitative estimate of drug-likeness (QED) is 0.710. The van der Waals surface area contributed by atoms with E-state index in [9.17, 15) is 4.79 Å². The number of rotatable bonds is 2. The number of methoxy groups -OCH3 is 1. The lowest BCUT2D eigenvalue weighted by Crippen LogP contribution is -2.46. The number of carbonyl (C=O) groups is 1. The fraction of sp³-hybridized carbons (Fsp3) is 0.500. The molecule has 1 saturated heterocycles. The SMILES string of the molecule is COC(=O)C1CN(c2cccc(C)n2)CCO1. The van der Waals surface area contributed by atoms with Crippen LogP contribution >= 0.6 is 0 Å². The van der Waals surface area contributed by atoms with Crippen molar-refractivity contribution in [3.8, 4) is 0 Å². The van der Waals surface area contributed by atoms with Crippen molar-refractivity contribution >= 4 is 11.8 Å². The number of carbonyl (C=O) groups excluding carboxylic acids is 1. The van der Waals surface area contributed by atoms with Gasteiger partial charge in [0.05, 0.1) is 20.3 Å². The Labute approximate surface area is 100 Å². The zero-order chi connectivity index (χ0) is 12.3. The molecule has 92 valence electrons. The van der Waals surface area contributed by atoms with Crippen molar-refractivity contribution in [3.05, 3.63) is 23.9 Å². The molecular formula is C12H16N2O3. The molecule has 2 rings (SSSR count). The van der Waals surface area contributed by atoms with Gasteiger partial charge >= 0.3 is 5.97 Å². The number of anilines is 1. The monoisotopic (exact) mass is 236 g/mol. The van der Waals surface area contributed by atoms with Crippen LogP contribution < -0.4 is 4.90 Å². The largest absolute Gasteiger partial charge is 0.467 e. The van der Waals surface area contributed by atoms with E-state index >= 15 is 0 Å². The van der Waals surface area contributed by atoms with Gasteiger partial charge < -0.3 is 14.4 Å². The fourth-order valence-corrected chi connectivity index (χ4v) is 1.84. The summed E-state index contributed by atoms with van der Waals surface area (Å²) in [6, 6.07) is 5.84. The second kappa shape index (κ2) is 5.14. The van der Waals surface area contributed by atoms with Gasteiger partial charge in [-0.25, -0.2) is 9.78 Å². The van der Waals surface area contributed by atoms with Gasteiger partial charge in [-0.3, -0.25) is 0 Å². The third-order valence-corrected chi connectivity index (χ3v) is 2.73. The molecule has 1 aromatic rings. The van der Waals surface area contributed by atoms with Crippen LogP contribution in [0.3, 0.4) is 0 Å². The Bertz CT molecular complexity index is 408. The normalized spacial score (nSPS) is 20.1. The van der Waals surface area contributed by atoms with E-state index in [0.717, 1.165) is 18.1 Å². The van der Waals surface area contributed by atoms with Crippen LogP contribution in [0.5, 0.6) is 0 Å². The summed E-state index contributed by atoms with van der Waals surface area (Å²) in [7, 11) is 1.37. The van der Waals surface area contributed by atoms with Crippen LogP contribution in [-0.4, -0.2) is 43.9 Å². The van der Waals surface area contributed by atoms with Gasteiger partial charge in [0.1, 0.15) is 5.82 Å². The number of hydrogen-bond donors (Lipinski definition) is 0. The lowest BCUT2D eigenvalue weighted by Gasteiger charge is -2.32. The fourth-order valence-electron chi connectivity index (χ4n) is 1.84. The van der Waals surface area contributed by atoms with E-state index in [1.165, 1.54) is 7.11 Å². The Morgan fingerprint density at radius 3 is 3.12 bits per heavy atom. The second-order valence-corrected chi connectivity index (χ2v) is 3.97. The second-order valence-electron chi connectivity index (χ2n) is 3.97. The maximum Gasteiger partial charge on any atom is 0.336 e. The summed E-state index contributed by atoms with van der Waals surface area (Å²) in [5.74, 6) is 0.546. The number of aryl methyl sites for hydroxylation is 1. The minimum atomic E-state index is -0.518. The molecule has 0 N–H and O–H groups in total.